The molecule has 0 amide bonds. The Morgan fingerprint density at radius 3 is 0.950 bits per heavy atom. The number of rotatable bonds is 3. The molecule has 0 aliphatic rings. The maximum absolute atomic E-state index is 13.8. The van der Waals surface area contributed by atoms with Gasteiger partial charge in [0.2, 0.25) is 0 Å². The number of benzene rings is 3. The predicted molar refractivity (Wildman–Crippen MR) is 84.7 cm³/mol. The van der Waals surface area contributed by atoms with Gasteiger partial charge in [-0.2, -0.15) is 0 Å². The van der Waals surface area contributed by atoms with Gasteiger partial charge in [0.05, 0.1) is 0 Å². The van der Waals surface area contributed by atoms with Gasteiger partial charge in [-0.05, 0) is 15.6 Å². The molecule has 0 heterocycles. The van der Waals surface area contributed by atoms with Crippen molar-refractivity contribution in [3.63, 3.8) is 0 Å². The van der Waals surface area contributed by atoms with E-state index in [4.69, 9.17) is 0 Å². The van der Waals surface area contributed by atoms with E-state index in [1.54, 1.807) is 0 Å². The summed E-state index contributed by atoms with van der Waals surface area (Å²) < 4.78 is 0. The van der Waals surface area contributed by atoms with Crippen LogP contribution in [0.5, 0.6) is 0 Å². The highest BCUT2D eigenvalue weighted by atomic mass is 28.4. The topological polar surface area (TPSA) is 19.9 Å². The van der Waals surface area contributed by atoms with Gasteiger partial charge in [0.25, 0.3) is 0 Å². The van der Waals surface area contributed by atoms with Crippen molar-refractivity contribution < 1.29 is 4.80 Å². The van der Waals surface area contributed by atoms with Crippen LogP contribution < -0.4 is 15.6 Å². The summed E-state index contributed by atoms with van der Waals surface area (Å²) in [4.78, 5) is 13.8. The summed E-state index contributed by atoms with van der Waals surface area (Å²) in [5.74, 6) is 0. The Morgan fingerprint density at radius 2 is 0.700 bits per heavy atom. The zero-order chi connectivity index (χ0) is 13.8. The van der Waals surface area contributed by atoms with E-state index in [0.29, 0.717) is 0 Å². The SMILES string of the molecule is [O][Si](c1ccccc1)(c1ccccc1)c1ccccc1. The largest absolute Gasteiger partial charge is 0.329 e. The van der Waals surface area contributed by atoms with E-state index in [-0.39, 0.29) is 0 Å². The molecule has 0 aliphatic heterocycles. The van der Waals surface area contributed by atoms with Crippen molar-refractivity contribution >= 4 is 23.9 Å². The summed E-state index contributed by atoms with van der Waals surface area (Å²) in [6, 6.07) is 29.3. The van der Waals surface area contributed by atoms with Crippen LogP contribution in [0.25, 0.3) is 0 Å². The lowest BCUT2D eigenvalue weighted by Gasteiger charge is -2.24. The van der Waals surface area contributed by atoms with Crippen LogP contribution in [0.1, 0.15) is 0 Å². The maximum atomic E-state index is 13.8. The van der Waals surface area contributed by atoms with Crippen molar-refractivity contribution in [3.8, 4) is 0 Å². The molecule has 0 unspecified atom stereocenters. The second kappa shape index (κ2) is 5.45. The molecule has 0 saturated heterocycles. The highest BCUT2D eigenvalue weighted by Gasteiger charge is 2.40. The number of hydrogen-bond donors (Lipinski definition) is 0. The number of hydrogen-bond acceptors (Lipinski definition) is 0. The fourth-order valence-corrected chi connectivity index (χ4v) is 5.50. The lowest BCUT2D eigenvalue weighted by atomic mass is 10.3. The van der Waals surface area contributed by atoms with E-state index in [1.807, 2.05) is 91.0 Å². The minimum absolute atomic E-state index is 0.900. The molecule has 0 fully saturated rings. The molecule has 97 valence electrons. The molecule has 20 heavy (non-hydrogen) atoms. The van der Waals surface area contributed by atoms with Crippen molar-refractivity contribution in [1.29, 1.82) is 0 Å². The van der Waals surface area contributed by atoms with Gasteiger partial charge >= 0.3 is 8.32 Å². The van der Waals surface area contributed by atoms with Crippen LogP contribution in [0.2, 0.25) is 0 Å². The second-order valence-corrected chi connectivity index (χ2v) is 7.87. The standard InChI is InChI=1S/C18H15OSi/c19-20(16-10-4-1-5-11-16,17-12-6-2-7-13-17)18-14-8-3-9-15-18/h1-15H. The van der Waals surface area contributed by atoms with Crippen LogP contribution in [0.4, 0.5) is 0 Å². The van der Waals surface area contributed by atoms with Crippen molar-refractivity contribution in [2.75, 3.05) is 0 Å². The lowest BCUT2D eigenvalue weighted by molar-refractivity contribution is 0.456. The summed E-state index contributed by atoms with van der Waals surface area (Å²) in [7, 11) is -3.13. The molecule has 0 spiro atoms. The Morgan fingerprint density at radius 1 is 0.450 bits per heavy atom. The Labute approximate surface area is 120 Å². The zero-order valence-corrected chi connectivity index (χ0v) is 12.1. The van der Waals surface area contributed by atoms with E-state index in [2.05, 4.69) is 0 Å². The molecule has 0 aromatic heterocycles. The van der Waals surface area contributed by atoms with Crippen molar-refractivity contribution in [1.82, 2.24) is 0 Å². The molecule has 0 N–H and O–H groups in total. The first-order valence-electron chi connectivity index (χ1n) is 6.69. The Kier molecular flexibility index (Phi) is 3.50. The van der Waals surface area contributed by atoms with Crippen LogP contribution in [0, 0.1) is 0 Å². The summed E-state index contributed by atoms with van der Waals surface area (Å²) in [5, 5.41) is 2.70. The van der Waals surface area contributed by atoms with E-state index in [0.717, 1.165) is 15.6 Å². The van der Waals surface area contributed by atoms with Crippen LogP contribution >= 0.6 is 0 Å². The smallest absolute Gasteiger partial charge is 0.279 e. The molecule has 3 aromatic rings. The maximum Gasteiger partial charge on any atom is 0.329 e. The van der Waals surface area contributed by atoms with Crippen LogP contribution in [0.15, 0.2) is 91.0 Å². The molecule has 0 atom stereocenters. The Balaban J connectivity index is 2.24. The molecule has 2 heteroatoms. The summed E-state index contributed by atoms with van der Waals surface area (Å²) in [6.45, 7) is 0. The fraction of sp³-hybridized carbons (Fsp3) is 0. The van der Waals surface area contributed by atoms with E-state index in [9.17, 15) is 4.80 Å². The van der Waals surface area contributed by atoms with E-state index >= 15 is 0 Å². The van der Waals surface area contributed by atoms with E-state index < -0.39 is 8.32 Å². The highest BCUT2D eigenvalue weighted by molar-refractivity contribution is 7.05. The molecule has 3 rings (SSSR count). The average Bonchev–Trinajstić information content (AvgIpc) is 2.56. The molecule has 0 saturated carbocycles. The quantitative estimate of drug-likeness (QED) is 0.515. The monoisotopic (exact) mass is 275 g/mol. The average molecular weight is 275 g/mol. The molecule has 1 nitrogen and oxygen atoms in total. The third kappa shape index (κ3) is 2.20. The Hall–Kier alpha value is -2.16. The summed E-state index contributed by atoms with van der Waals surface area (Å²) >= 11 is 0. The second-order valence-electron chi connectivity index (χ2n) is 4.78. The van der Waals surface area contributed by atoms with Gasteiger partial charge in [0.1, 0.15) is 0 Å². The minimum Gasteiger partial charge on any atom is -0.279 e. The predicted octanol–water partition coefficient (Wildman–Crippen LogP) is 2.08. The van der Waals surface area contributed by atoms with Gasteiger partial charge in [0.15, 0.2) is 0 Å². The summed E-state index contributed by atoms with van der Waals surface area (Å²) in [6.07, 6.45) is 0. The van der Waals surface area contributed by atoms with Crippen LogP contribution in [-0.2, 0) is 4.80 Å². The fourth-order valence-electron chi connectivity index (χ4n) is 2.52. The van der Waals surface area contributed by atoms with Gasteiger partial charge in [-0.3, -0.25) is 4.80 Å². The lowest BCUT2D eigenvalue weighted by Crippen LogP contribution is -2.66. The van der Waals surface area contributed by atoms with Crippen LogP contribution in [-0.4, -0.2) is 8.32 Å². The van der Waals surface area contributed by atoms with Gasteiger partial charge < -0.3 is 0 Å². The van der Waals surface area contributed by atoms with Crippen LogP contribution in [0.3, 0.4) is 0 Å². The first kappa shape index (κ1) is 12.8. The first-order valence-corrected chi connectivity index (χ1v) is 8.59. The highest BCUT2D eigenvalue weighted by Crippen LogP contribution is 2.04. The third-order valence-electron chi connectivity index (χ3n) is 3.54. The van der Waals surface area contributed by atoms with Crippen molar-refractivity contribution in [2.45, 2.75) is 0 Å². The normalized spacial score (nSPS) is 11.2. The molecular weight excluding hydrogens is 260 g/mol. The zero-order valence-electron chi connectivity index (χ0n) is 11.1. The van der Waals surface area contributed by atoms with Gasteiger partial charge in [-0.15, -0.1) is 0 Å². The molecule has 0 aliphatic carbocycles. The van der Waals surface area contributed by atoms with Gasteiger partial charge in [-0.25, -0.2) is 0 Å². The van der Waals surface area contributed by atoms with Crippen molar-refractivity contribution in [3.05, 3.63) is 91.0 Å². The molecular formula is C18H15OSi. The molecule has 0 bridgehead atoms. The molecule has 1 radical (unpaired) electrons. The Bertz CT molecular complexity index is 569. The van der Waals surface area contributed by atoms with Crippen molar-refractivity contribution in [2.24, 2.45) is 0 Å². The van der Waals surface area contributed by atoms with Gasteiger partial charge in [0, 0.05) is 0 Å². The first-order chi connectivity index (χ1) is 9.82. The van der Waals surface area contributed by atoms with Gasteiger partial charge in [-0.1, -0.05) is 91.0 Å². The third-order valence-corrected chi connectivity index (χ3v) is 6.98. The molecule has 3 aromatic carbocycles. The van der Waals surface area contributed by atoms with E-state index in [1.165, 1.54) is 0 Å². The summed E-state index contributed by atoms with van der Waals surface area (Å²) in [5.41, 5.74) is 0. The minimum atomic E-state index is -3.13.